The molecular weight excluding hydrogens is 287 g/mol. The fourth-order valence-corrected chi connectivity index (χ4v) is 3.25. The molecule has 0 rings (SSSR count). The predicted octanol–water partition coefficient (Wildman–Crippen LogP) is 7.91. The highest BCUT2D eigenvalue weighted by Gasteiger charge is 2.28. The number of hydrogen-bond acceptors (Lipinski definition) is 0. The van der Waals surface area contributed by atoms with Gasteiger partial charge in [0.05, 0.1) is 0 Å². The molecular formula is C18H36Cl2. The van der Waals surface area contributed by atoms with Crippen LogP contribution in [0.5, 0.6) is 0 Å². The van der Waals surface area contributed by atoms with Gasteiger partial charge in [-0.2, -0.15) is 0 Å². The maximum absolute atomic E-state index is 6.37. The van der Waals surface area contributed by atoms with Crippen LogP contribution in [0.2, 0.25) is 0 Å². The van der Waals surface area contributed by atoms with E-state index in [0.717, 1.165) is 0 Å². The van der Waals surface area contributed by atoms with Crippen LogP contribution in [0.25, 0.3) is 0 Å². The average Bonchev–Trinajstić information content (AvgIpc) is 2.38. The van der Waals surface area contributed by atoms with Crippen molar-refractivity contribution in [3.05, 3.63) is 0 Å². The van der Waals surface area contributed by atoms with Crippen molar-refractivity contribution in [2.24, 2.45) is 5.92 Å². The third kappa shape index (κ3) is 12.3. The maximum Gasteiger partial charge on any atom is 0.118 e. The molecule has 0 spiro atoms. The Morgan fingerprint density at radius 1 is 0.650 bits per heavy atom. The first kappa shape index (κ1) is 20.6. The highest BCUT2D eigenvalue weighted by Crippen LogP contribution is 2.37. The van der Waals surface area contributed by atoms with Crippen LogP contribution in [0.15, 0.2) is 0 Å². The first-order valence-corrected chi connectivity index (χ1v) is 9.65. The highest BCUT2D eigenvalue weighted by atomic mass is 35.5. The van der Waals surface area contributed by atoms with Crippen LogP contribution < -0.4 is 0 Å². The summed E-state index contributed by atoms with van der Waals surface area (Å²) in [6, 6.07) is 0. The van der Waals surface area contributed by atoms with E-state index in [2.05, 4.69) is 13.8 Å². The highest BCUT2D eigenvalue weighted by molar-refractivity contribution is 6.48. The van der Waals surface area contributed by atoms with Gasteiger partial charge in [-0.05, 0) is 25.7 Å². The summed E-state index contributed by atoms with van der Waals surface area (Å²) in [4.78, 5) is 0. The van der Waals surface area contributed by atoms with Crippen LogP contribution in [0.3, 0.4) is 0 Å². The van der Waals surface area contributed by atoms with Gasteiger partial charge >= 0.3 is 0 Å². The summed E-state index contributed by atoms with van der Waals surface area (Å²) in [5.41, 5.74) is 0. The van der Waals surface area contributed by atoms with Gasteiger partial charge in [0.1, 0.15) is 4.33 Å². The standard InChI is InChI=1S/C18H36Cl2/c1-4-6-8-10-12-14-16-17(18(3,19)20)15-13-11-9-7-5-2/h17H,4-16H2,1-3H3. The quantitative estimate of drug-likeness (QED) is 0.225. The minimum atomic E-state index is -0.547. The summed E-state index contributed by atoms with van der Waals surface area (Å²) >= 11 is 12.7. The largest absolute Gasteiger partial charge is 0.118 e. The van der Waals surface area contributed by atoms with E-state index >= 15 is 0 Å². The second-order valence-electron chi connectivity index (χ2n) is 6.41. The molecule has 0 heterocycles. The molecule has 0 saturated carbocycles. The van der Waals surface area contributed by atoms with Crippen molar-refractivity contribution in [2.75, 3.05) is 0 Å². The fourth-order valence-electron chi connectivity index (χ4n) is 2.82. The first-order chi connectivity index (χ1) is 9.52. The maximum atomic E-state index is 6.37. The van der Waals surface area contributed by atoms with E-state index in [-0.39, 0.29) is 0 Å². The van der Waals surface area contributed by atoms with Crippen LogP contribution >= 0.6 is 23.2 Å². The molecule has 20 heavy (non-hydrogen) atoms. The molecule has 0 N–H and O–H groups in total. The van der Waals surface area contributed by atoms with Crippen LogP contribution in [0.1, 0.15) is 104 Å². The van der Waals surface area contributed by atoms with Crippen LogP contribution in [-0.4, -0.2) is 4.33 Å². The van der Waals surface area contributed by atoms with Gasteiger partial charge in [-0.3, -0.25) is 0 Å². The Bertz CT molecular complexity index is 196. The first-order valence-electron chi connectivity index (χ1n) is 8.90. The van der Waals surface area contributed by atoms with Crippen molar-refractivity contribution in [2.45, 2.75) is 109 Å². The Morgan fingerprint density at radius 2 is 1.00 bits per heavy atom. The van der Waals surface area contributed by atoms with Crippen LogP contribution in [0, 0.1) is 5.92 Å². The molecule has 0 nitrogen and oxygen atoms in total. The Hall–Kier alpha value is 0.580. The predicted molar refractivity (Wildman–Crippen MR) is 95.0 cm³/mol. The second kappa shape index (κ2) is 13.3. The van der Waals surface area contributed by atoms with Crippen molar-refractivity contribution in [1.82, 2.24) is 0 Å². The number of halogens is 2. The molecule has 0 fully saturated rings. The number of alkyl halides is 2. The van der Waals surface area contributed by atoms with Gasteiger partial charge in [0.2, 0.25) is 0 Å². The van der Waals surface area contributed by atoms with Gasteiger partial charge in [-0.25, -0.2) is 0 Å². The Kier molecular flexibility index (Phi) is 13.6. The molecule has 0 saturated heterocycles. The third-order valence-corrected chi connectivity index (χ3v) is 4.90. The molecule has 0 radical (unpaired) electrons. The summed E-state index contributed by atoms with van der Waals surface area (Å²) in [5, 5.41) is 0. The van der Waals surface area contributed by atoms with Crippen molar-refractivity contribution in [3.8, 4) is 0 Å². The zero-order valence-electron chi connectivity index (χ0n) is 14.0. The van der Waals surface area contributed by atoms with Crippen molar-refractivity contribution in [1.29, 1.82) is 0 Å². The molecule has 0 aromatic carbocycles. The molecule has 122 valence electrons. The summed E-state index contributed by atoms with van der Waals surface area (Å²) < 4.78 is -0.547. The lowest BCUT2D eigenvalue weighted by Gasteiger charge is -2.26. The molecule has 0 aliphatic carbocycles. The molecule has 0 aliphatic heterocycles. The van der Waals surface area contributed by atoms with Crippen molar-refractivity contribution >= 4 is 23.2 Å². The topological polar surface area (TPSA) is 0 Å². The average molecular weight is 323 g/mol. The van der Waals surface area contributed by atoms with E-state index in [4.69, 9.17) is 23.2 Å². The zero-order valence-corrected chi connectivity index (χ0v) is 15.5. The minimum absolute atomic E-state index is 0.471. The van der Waals surface area contributed by atoms with E-state index in [1.54, 1.807) is 0 Å². The zero-order chi connectivity index (χ0) is 15.3. The monoisotopic (exact) mass is 322 g/mol. The van der Waals surface area contributed by atoms with Crippen LogP contribution in [0.4, 0.5) is 0 Å². The van der Waals surface area contributed by atoms with Gasteiger partial charge in [0, 0.05) is 0 Å². The molecule has 0 aromatic rings. The summed E-state index contributed by atoms with van der Waals surface area (Å²) in [6.45, 7) is 6.50. The Labute approximate surface area is 138 Å². The second-order valence-corrected chi connectivity index (χ2v) is 8.18. The van der Waals surface area contributed by atoms with E-state index < -0.39 is 4.33 Å². The summed E-state index contributed by atoms with van der Waals surface area (Å²) in [6.07, 6.45) is 17.1. The minimum Gasteiger partial charge on any atom is -0.102 e. The Balaban J connectivity index is 3.75. The number of unbranched alkanes of at least 4 members (excludes halogenated alkanes) is 9. The molecule has 0 bridgehead atoms. The molecule has 1 unspecified atom stereocenters. The van der Waals surface area contributed by atoms with E-state index in [1.807, 2.05) is 6.92 Å². The van der Waals surface area contributed by atoms with Gasteiger partial charge in [-0.15, -0.1) is 23.2 Å². The third-order valence-electron chi connectivity index (χ3n) is 4.28. The molecule has 1 atom stereocenters. The van der Waals surface area contributed by atoms with Gasteiger partial charge in [-0.1, -0.05) is 84.5 Å². The molecule has 0 aliphatic rings. The summed E-state index contributed by atoms with van der Waals surface area (Å²) in [5.74, 6) is 0.471. The molecule has 0 aromatic heterocycles. The molecule has 0 amide bonds. The van der Waals surface area contributed by atoms with Crippen LogP contribution in [-0.2, 0) is 0 Å². The van der Waals surface area contributed by atoms with Gasteiger partial charge < -0.3 is 0 Å². The van der Waals surface area contributed by atoms with Crippen molar-refractivity contribution < 1.29 is 0 Å². The lowest BCUT2D eigenvalue weighted by molar-refractivity contribution is 0.377. The Morgan fingerprint density at radius 3 is 1.35 bits per heavy atom. The van der Waals surface area contributed by atoms with Crippen molar-refractivity contribution in [3.63, 3.8) is 0 Å². The lowest BCUT2D eigenvalue weighted by atomic mass is 9.91. The summed E-state index contributed by atoms with van der Waals surface area (Å²) in [7, 11) is 0. The SMILES string of the molecule is CCCCCCCCC(CCCCCCC)C(C)(Cl)Cl. The normalized spacial score (nSPS) is 13.7. The fraction of sp³-hybridized carbons (Fsp3) is 1.00. The van der Waals surface area contributed by atoms with Gasteiger partial charge in [0.15, 0.2) is 0 Å². The van der Waals surface area contributed by atoms with E-state index in [1.165, 1.54) is 83.5 Å². The van der Waals surface area contributed by atoms with Gasteiger partial charge in [0.25, 0.3) is 0 Å². The number of rotatable bonds is 14. The van der Waals surface area contributed by atoms with E-state index in [9.17, 15) is 0 Å². The number of hydrogen-bond donors (Lipinski definition) is 0. The smallest absolute Gasteiger partial charge is 0.102 e. The molecule has 2 heteroatoms. The lowest BCUT2D eigenvalue weighted by Crippen LogP contribution is -2.22. The van der Waals surface area contributed by atoms with E-state index in [0.29, 0.717) is 5.92 Å².